The highest BCUT2D eigenvalue weighted by Crippen LogP contribution is 2.17. The number of benzene rings is 1. The van der Waals surface area contributed by atoms with Crippen LogP contribution in [0, 0.1) is 6.92 Å². The second-order valence-corrected chi connectivity index (χ2v) is 9.76. The molecule has 9 heteroatoms. The molecule has 29 heavy (non-hydrogen) atoms. The Balaban J connectivity index is 2.53. The predicted octanol–water partition coefficient (Wildman–Crippen LogP) is 2.37. The van der Waals surface area contributed by atoms with E-state index >= 15 is 0 Å². The quantitative estimate of drug-likeness (QED) is 0.335. The summed E-state index contributed by atoms with van der Waals surface area (Å²) in [6.07, 6.45) is 1.50. The Morgan fingerprint density at radius 2 is 1.79 bits per heavy atom. The zero-order valence-electron chi connectivity index (χ0n) is 18.3. The second kappa shape index (κ2) is 11.0. The summed E-state index contributed by atoms with van der Waals surface area (Å²) in [6.45, 7) is 11.5. The fraction of sp³-hybridized carbons (Fsp3) is 0.600. The van der Waals surface area contributed by atoms with Crippen LogP contribution in [0.5, 0.6) is 0 Å². The molecular weight excluding hydrogens is 392 g/mol. The third-order valence-corrected chi connectivity index (χ3v) is 4.97. The standard InChI is InChI=1S/C20H34N4O4S/c1-7-21-18(22-11-8-12-23-19(25)28-20(3,4)5)24-14-16-9-10-17(15(2)13-16)29(6,26)27/h9-10,13H,7-8,11-12,14H2,1-6H3,(H,23,25)(H2,21,22,24). The van der Waals surface area contributed by atoms with Gasteiger partial charge in [0.2, 0.25) is 0 Å². The van der Waals surface area contributed by atoms with Gasteiger partial charge in [-0.3, -0.25) is 0 Å². The van der Waals surface area contributed by atoms with Gasteiger partial charge >= 0.3 is 6.09 Å². The first kappa shape index (κ1) is 24.7. The van der Waals surface area contributed by atoms with Crippen molar-refractivity contribution in [3.05, 3.63) is 29.3 Å². The monoisotopic (exact) mass is 426 g/mol. The third kappa shape index (κ3) is 10.2. The second-order valence-electron chi connectivity index (χ2n) is 7.78. The molecule has 8 nitrogen and oxygen atoms in total. The lowest BCUT2D eigenvalue weighted by Gasteiger charge is -2.19. The van der Waals surface area contributed by atoms with Crippen molar-refractivity contribution in [1.82, 2.24) is 16.0 Å². The van der Waals surface area contributed by atoms with Crippen LogP contribution in [0.15, 0.2) is 28.1 Å². The van der Waals surface area contributed by atoms with E-state index in [-0.39, 0.29) is 0 Å². The smallest absolute Gasteiger partial charge is 0.407 e. The molecular formula is C20H34N4O4S. The molecule has 0 heterocycles. The van der Waals surface area contributed by atoms with Gasteiger partial charge in [0.05, 0.1) is 11.4 Å². The Morgan fingerprint density at radius 1 is 1.14 bits per heavy atom. The summed E-state index contributed by atoms with van der Waals surface area (Å²) in [7, 11) is -3.22. The first-order valence-corrected chi connectivity index (χ1v) is 11.6. The van der Waals surface area contributed by atoms with Crippen molar-refractivity contribution in [3.8, 4) is 0 Å². The molecule has 3 N–H and O–H groups in total. The zero-order valence-corrected chi connectivity index (χ0v) is 19.1. The molecule has 0 fully saturated rings. The van der Waals surface area contributed by atoms with Crippen molar-refractivity contribution in [2.75, 3.05) is 25.9 Å². The molecule has 1 aromatic rings. The number of hydrogen-bond donors (Lipinski definition) is 3. The lowest BCUT2D eigenvalue weighted by atomic mass is 10.1. The Bertz CT molecular complexity index is 814. The number of nitrogens with one attached hydrogen (secondary N) is 3. The predicted molar refractivity (Wildman–Crippen MR) is 116 cm³/mol. The molecule has 0 bridgehead atoms. The number of carbonyl (C=O) groups is 1. The number of carbonyl (C=O) groups excluding carboxylic acids is 1. The number of nitrogens with zero attached hydrogens (tertiary/aromatic N) is 1. The molecule has 1 amide bonds. The lowest BCUT2D eigenvalue weighted by molar-refractivity contribution is 0.0527. The van der Waals surface area contributed by atoms with E-state index in [0.29, 0.717) is 49.0 Å². The Morgan fingerprint density at radius 3 is 2.34 bits per heavy atom. The van der Waals surface area contributed by atoms with E-state index in [1.54, 1.807) is 19.1 Å². The van der Waals surface area contributed by atoms with Crippen molar-refractivity contribution in [2.24, 2.45) is 4.99 Å². The Kier molecular flexibility index (Phi) is 9.42. The summed E-state index contributed by atoms with van der Waals surface area (Å²) < 4.78 is 28.6. The van der Waals surface area contributed by atoms with E-state index < -0.39 is 21.5 Å². The highest BCUT2D eigenvalue weighted by Gasteiger charge is 2.15. The summed E-state index contributed by atoms with van der Waals surface area (Å²) in [5.41, 5.74) is 1.13. The van der Waals surface area contributed by atoms with Crippen LogP contribution < -0.4 is 16.0 Å². The summed E-state index contributed by atoms with van der Waals surface area (Å²) in [5.74, 6) is 0.662. The van der Waals surface area contributed by atoms with Gasteiger partial charge < -0.3 is 20.7 Å². The van der Waals surface area contributed by atoms with Crippen LogP contribution in [0.3, 0.4) is 0 Å². The number of amides is 1. The van der Waals surface area contributed by atoms with E-state index in [9.17, 15) is 13.2 Å². The molecule has 0 aromatic heterocycles. The molecule has 0 aliphatic rings. The number of alkyl carbamates (subject to hydrolysis) is 1. The first-order chi connectivity index (χ1) is 13.4. The molecule has 0 unspecified atom stereocenters. The summed E-state index contributed by atoms with van der Waals surface area (Å²) >= 11 is 0. The molecule has 0 aliphatic heterocycles. The summed E-state index contributed by atoms with van der Waals surface area (Å²) in [6, 6.07) is 5.24. The summed E-state index contributed by atoms with van der Waals surface area (Å²) in [5, 5.41) is 9.09. The van der Waals surface area contributed by atoms with Crippen molar-refractivity contribution < 1.29 is 17.9 Å². The van der Waals surface area contributed by atoms with E-state index in [0.717, 1.165) is 5.56 Å². The van der Waals surface area contributed by atoms with Gasteiger partial charge in [-0.15, -0.1) is 0 Å². The molecule has 1 aromatic carbocycles. The Labute approximate surface area is 174 Å². The maximum atomic E-state index is 11.7. The minimum absolute atomic E-state index is 0.341. The lowest BCUT2D eigenvalue weighted by Crippen LogP contribution is -2.39. The molecule has 0 aliphatic carbocycles. The van der Waals surface area contributed by atoms with Crippen LogP contribution >= 0.6 is 0 Å². The van der Waals surface area contributed by atoms with Crippen LogP contribution in [0.25, 0.3) is 0 Å². The maximum absolute atomic E-state index is 11.7. The largest absolute Gasteiger partial charge is 0.444 e. The van der Waals surface area contributed by atoms with Crippen LogP contribution in [0.2, 0.25) is 0 Å². The number of rotatable bonds is 8. The van der Waals surface area contributed by atoms with Crippen LogP contribution in [0.1, 0.15) is 45.2 Å². The molecule has 0 saturated heterocycles. The highest BCUT2D eigenvalue weighted by molar-refractivity contribution is 7.90. The normalized spacial score (nSPS) is 12.4. The SMILES string of the molecule is CCNC(=NCc1ccc(S(C)(=O)=O)c(C)c1)NCCCNC(=O)OC(C)(C)C. The van der Waals surface area contributed by atoms with Crippen molar-refractivity contribution >= 4 is 21.9 Å². The molecule has 164 valence electrons. The zero-order chi connectivity index (χ0) is 22.1. The average Bonchev–Trinajstić information content (AvgIpc) is 2.56. The van der Waals surface area contributed by atoms with E-state index in [4.69, 9.17) is 4.74 Å². The minimum atomic E-state index is -3.22. The molecule has 0 saturated carbocycles. The van der Waals surface area contributed by atoms with Gasteiger partial charge in [0, 0.05) is 25.9 Å². The number of aryl methyl sites for hydroxylation is 1. The molecule has 0 radical (unpaired) electrons. The Hall–Kier alpha value is -2.29. The number of guanidine groups is 1. The number of aliphatic imine (C=N–C) groups is 1. The van der Waals surface area contributed by atoms with Gasteiger partial charge in [-0.1, -0.05) is 12.1 Å². The van der Waals surface area contributed by atoms with Crippen LogP contribution in [-0.4, -0.2) is 52.0 Å². The maximum Gasteiger partial charge on any atom is 0.407 e. The van der Waals surface area contributed by atoms with Crippen molar-refractivity contribution in [3.63, 3.8) is 0 Å². The van der Waals surface area contributed by atoms with E-state index in [2.05, 4.69) is 20.9 Å². The summed E-state index contributed by atoms with van der Waals surface area (Å²) in [4.78, 5) is 16.5. The topological polar surface area (TPSA) is 109 Å². The number of hydrogen-bond acceptors (Lipinski definition) is 5. The molecule has 0 atom stereocenters. The van der Waals surface area contributed by atoms with Crippen LogP contribution in [-0.2, 0) is 21.1 Å². The number of ether oxygens (including phenoxy) is 1. The fourth-order valence-corrected chi connectivity index (χ4v) is 3.50. The van der Waals surface area contributed by atoms with Gasteiger partial charge in [0.15, 0.2) is 15.8 Å². The third-order valence-electron chi connectivity index (χ3n) is 3.72. The highest BCUT2D eigenvalue weighted by atomic mass is 32.2. The fourth-order valence-electron chi connectivity index (χ4n) is 2.54. The van der Waals surface area contributed by atoms with Gasteiger partial charge in [0.1, 0.15) is 5.60 Å². The van der Waals surface area contributed by atoms with Crippen LogP contribution in [0.4, 0.5) is 4.79 Å². The minimum Gasteiger partial charge on any atom is -0.444 e. The molecule has 0 spiro atoms. The van der Waals surface area contributed by atoms with Gasteiger partial charge in [-0.25, -0.2) is 18.2 Å². The molecule has 1 rings (SSSR count). The van der Waals surface area contributed by atoms with Crippen molar-refractivity contribution in [1.29, 1.82) is 0 Å². The average molecular weight is 427 g/mol. The first-order valence-electron chi connectivity index (χ1n) is 9.71. The number of sulfone groups is 1. The van der Waals surface area contributed by atoms with Crippen molar-refractivity contribution in [2.45, 2.75) is 58.1 Å². The van der Waals surface area contributed by atoms with E-state index in [1.807, 2.05) is 33.8 Å². The van der Waals surface area contributed by atoms with Gasteiger partial charge in [-0.05, 0) is 58.2 Å². The van der Waals surface area contributed by atoms with Gasteiger partial charge in [-0.2, -0.15) is 0 Å². The van der Waals surface area contributed by atoms with Gasteiger partial charge in [0.25, 0.3) is 0 Å². The van der Waals surface area contributed by atoms with E-state index in [1.165, 1.54) is 6.26 Å².